The molecule has 0 heterocycles. The van der Waals surface area contributed by atoms with E-state index >= 15 is 0 Å². The molecule has 0 N–H and O–H groups in total. The van der Waals surface area contributed by atoms with Gasteiger partial charge in [0, 0.05) is 25.8 Å². The molecule has 0 aromatic carbocycles. The van der Waals surface area contributed by atoms with Crippen molar-refractivity contribution in [2.45, 2.75) is 20.8 Å². The SMILES string of the molecule is CC(=O)C(C(C)=O)C(C)=O.[Hf]. The van der Waals surface area contributed by atoms with Crippen molar-refractivity contribution < 1.29 is 40.2 Å². The van der Waals surface area contributed by atoms with Crippen LogP contribution in [-0.4, -0.2) is 17.3 Å². The van der Waals surface area contributed by atoms with Crippen molar-refractivity contribution in [3.05, 3.63) is 0 Å². The van der Waals surface area contributed by atoms with Crippen molar-refractivity contribution in [3.8, 4) is 0 Å². The van der Waals surface area contributed by atoms with E-state index in [1.165, 1.54) is 20.8 Å². The van der Waals surface area contributed by atoms with Crippen LogP contribution >= 0.6 is 0 Å². The van der Waals surface area contributed by atoms with Gasteiger partial charge >= 0.3 is 0 Å². The standard InChI is InChI=1S/C7H10O3.Hf/c1-4(8)7(5(2)9)6(3)10;/h7H,1-3H3;. The Kier molecular flexibility index (Phi) is 6.76. The maximum absolute atomic E-state index is 10.6. The van der Waals surface area contributed by atoms with E-state index in [2.05, 4.69) is 0 Å². The van der Waals surface area contributed by atoms with Gasteiger partial charge < -0.3 is 0 Å². The van der Waals surface area contributed by atoms with Gasteiger partial charge in [-0.25, -0.2) is 0 Å². The van der Waals surface area contributed by atoms with Gasteiger partial charge in [-0.05, 0) is 20.8 Å². The summed E-state index contributed by atoms with van der Waals surface area (Å²) in [5.74, 6) is -2.15. The number of Topliss-reactive ketones (excluding diaryl/α,β-unsaturated/α-hetero) is 3. The summed E-state index contributed by atoms with van der Waals surface area (Å²) in [5.41, 5.74) is 0. The van der Waals surface area contributed by atoms with Gasteiger partial charge in [-0.15, -0.1) is 0 Å². The molecule has 0 atom stereocenters. The van der Waals surface area contributed by atoms with Crippen molar-refractivity contribution in [1.29, 1.82) is 0 Å². The fourth-order valence-electron chi connectivity index (χ4n) is 0.859. The van der Waals surface area contributed by atoms with Crippen molar-refractivity contribution >= 4 is 17.3 Å². The number of carbonyl (C=O) groups excluding carboxylic acids is 3. The van der Waals surface area contributed by atoms with Crippen molar-refractivity contribution in [1.82, 2.24) is 0 Å². The first-order valence-electron chi connectivity index (χ1n) is 2.98. The van der Waals surface area contributed by atoms with Crippen molar-refractivity contribution in [2.75, 3.05) is 0 Å². The van der Waals surface area contributed by atoms with Gasteiger partial charge in [0.2, 0.25) is 0 Å². The van der Waals surface area contributed by atoms with Gasteiger partial charge in [0.1, 0.15) is 23.3 Å². The van der Waals surface area contributed by atoms with E-state index in [0.29, 0.717) is 0 Å². The Hall–Kier alpha value is -0.120. The van der Waals surface area contributed by atoms with E-state index in [9.17, 15) is 14.4 Å². The van der Waals surface area contributed by atoms with Crippen LogP contribution < -0.4 is 0 Å². The Balaban J connectivity index is 0. The van der Waals surface area contributed by atoms with E-state index in [1.54, 1.807) is 0 Å². The molecule has 11 heavy (non-hydrogen) atoms. The summed E-state index contributed by atoms with van der Waals surface area (Å²) in [6.45, 7) is 3.73. The molecule has 0 saturated carbocycles. The molecule has 0 aliphatic carbocycles. The third-order valence-electron chi connectivity index (χ3n) is 1.22. The van der Waals surface area contributed by atoms with Gasteiger partial charge in [-0.2, -0.15) is 0 Å². The molecule has 60 valence electrons. The van der Waals surface area contributed by atoms with Crippen LogP contribution in [0.4, 0.5) is 0 Å². The maximum Gasteiger partial charge on any atom is 0.147 e. The predicted molar refractivity (Wildman–Crippen MR) is 35.5 cm³/mol. The van der Waals surface area contributed by atoms with Gasteiger partial charge in [0.25, 0.3) is 0 Å². The van der Waals surface area contributed by atoms with Gasteiger partial charge in [0.15, 0.2) is 0 Å². The first kappa shape index (κ1) is 13.5. The molecule has 0 radical (unpaired) electrons. The van der Waals surface area contributed by atoms with Gasteiger partial charge in [0.05, 0.1) is 0 Å². The fourth-order valence-corrected chi connectivity index (χ4v) is 0.859. The van der Waals surface area contributed by atoms with Crippen LogP contribution in [0.3, 0.4) is 0 Å². The minimum Gasteiger partial charge on any atom is -0.299 e. The average molecular weight is 321 g/mol. The first-order chi connectivity index (χ1) is 4.46. The van der Waals surface area contributed by atoms with E-state index in [4.69, 9.17) is 0 Å². The van der Waals surface area contributed by atoms with Crippen LogP contribution in [0.25, 0.3) is 0 Å². The molecular weight excluding hydrogens is 311 g/mol. The third kappa shape index (κ3) is 4.35. The molecule has 0 amide bonds. The second-order valence-corrected chi connectivity index (χ2v) is 2.26. The molecule has 0 spiro atoms. The van der Waals surface area contributed by atoms with Crippen molar-refractivity contribution in [3.63, 3.8) is 0 Å². The Morgan fingerprint density at radius 3 is 1.00 bits per heavy atom. The Morgan fingerprint density at radius 2 is 1.00 bits per heavy atom. The summed E-state index contributed by atoms with van der Waals surface area (Å²) in [7, 11) is 0. The molecule has 0 fully saturated rings. The van der Waals surface area contributed by atoms with E-state index in [1.807, 2.05) is 0 Å². The summed E-state index contributed by atoms with van der Waals surface area (Å²) in [5, 5.41) is 0. The van der Waals surface area contributed by atoms with Gasteiger partial charge in [-0.3, -0.25) is 14.4 Å². The maximum atomic E-state index is 10.6. The van der Waals surface area contributed by atoms with Crippen LogP contribution in [0.15, 0.2) is 0 Å². The van der Waals surface area contributed by atoms with Crippen LogP contribution in [-0.2, 0) is 40.2 Å². The number of hydrogen-bond acceptors (Lipinski definition) is 3. The average Bonchev–Trinajstić information content (AvgIpc) is 1.59. The largest absolute Gasteiger partial charge is 0.299 e. The van der Waals surface area contributed by atoms with E-state index < -0.39 is 5.92 Å². The zero-order valence-electron chi connectivity index (χ0n) is 6.80. The molecule has 0 aromatic heterocycles. The molecule has 0 bridgehead atoms. The third-order valence-corrected chi connectivity index (χ3v) is 1.22. The quantitative estimate of drug-likeness (QED) is 0.557. The molecule has 0 rings (SSSR count). The summed E-state index contributed by atoms with van der Waals surface area (Å²) in [6, 6.07) is 0. The Bertz CT molecular complexity index is 153. The summed E-state index contributed by atoms with van der Waals surface area (Å²) < 4.78 is 0. The van der Waals surface area contributed by atoms with Crippen LogP contribution in [0, 0.1) is 5.92 Å². The predicted octanol–water partition coefficient (Wildman–Crippen LogP) is 0.367. The minimum atomic E-state index is -1.03. The van der Waals surface area contributed by atoms with Crippen molar-refractivity contribution in [2.24, 2.45) is 5.92 Å². The second kappa shape index (κ2) is 5.52. The van der Waals surface area contributed by atoms with Crippen LogP contribution in [0.2, 0.25) is 0 Å². The van der Waals surface area contributed by atoms with Crippen LogP contribution in [0.5, 0.6) is 0 Å². The number of rotatable bonds is 3. The Labute approximate surface area is 84.3 Å². The molecule has 0 aromatic rings. The normalized spacial score (nSPS) is 8.73. The first-order valence-corrected chi connectivity index (χ1v) is 2.98. The number of carbonyl (C=O) groups is 3. The molecule has 3 nitrogen and oxygen atoms in total. The van der Waals surface area contributed by atoms with Gasteiger partial charge in [-0.1, -0.05) is 0 Å². The second-order valence-electron chi connectivity index (χ2n) is 2.26. The van der Waals surface area contributed by atoms with Crippen LogP contribution in [0.1, 0.15) is 20.8 Å². The summed E-state index contributed by atoms with van der Waals surface area (Å²) in [4.78, 5) is 31.8. The minimum absolute atomic E-state index is 0. The number of hydrogen-bond donors (Lipinski definition) is 0. The smallest absolute Gasteiger partial charge is 0.147 e. The Morgan fingerprint density at radius 1 is 0.818 bits per heavy atom. The summed E-state index contributed by atoms with van der Waals surface area (Å²) >= 11 is 0. The molecule has 0 saturated heterocycles. The zero-order valence-corrected chi connectivity index (χ0v) is 10.4. The van der Waals surface area contributed by atoms with E-state index in [-0.39, 0.29) is 43.2 Å². The zero-order chi connectivity index (χ0) is 8.31. The molecule has 0 unspecified atom stereocenters. The molecular formula is C7H10HfO3. The molecule has 0 aliphatic heterocycles. The monoisotopic (exact) mass is 322 g/mol. The fraction of sp³-hybridized carbons (Fsp3) is 0.571. The number of ketones is 3. The molecule has 4 heteroatoms. The molecule has 0 aliphatic rings. The topological polar surface area (TPSA) is 51.2 Å². The summed E-state index contributed by atoms with van der Waals surface area (Å²) in [6.07, 6.45) is 0. The van der Waals surface area contributed by atoms with E-state index in [0.717, 1.165) is 0 Å².